The summed E-state index contributed by atoms with van der Waals surface area (Å²) in [7, 11) is 2.83. The molecule has 2 aliphatic rings. The zero-order valence-electron chi connectivity index (χ0n) is 15.6. The van der Waals surface area contributed by atoms with Gasteiger partial charge in [-0.05, 0) is 18.2 Å². The zero-order chi connectivity index (χ0) is 20.4. The number of H-pyrrole nitrogens is 1. The molecule has 29 heavy (non-hydrogen) atoms. The van der Waals surface area contributed by atoms with E-state index >= 15 is 0 Å². The molecule has 2 aliphatic heterocycles. The number of carbonyl (C=O) groups excluding carboxylic acids is 1. The molecule has 0 saturated carbocycles. The van der Waals surface area contributed by atoms with E-state index < -0.39 is 11.5 Å². The van der Waals surface area contributed by atoms with Gasteiger partial charge in [0.1, 0.15) is 11.3 Å². The van der Waals surface area contributed by atoms with E-state index in [0.717, 1.165) is 0 Å². The van der Waals surface area contributed by atoms with Crippen molar-refractivity contribution in [1.29, 1.82) is 0 Å². The first-order valence-electron chi connectivity index (χ1n) is 8.56. The average Bonchev–Trinajstić information content (AvgIpc) is 3.14. The highest BCUT2D eigenvalue weighted by Crippen LogP contribution is 2.30. The van der Waals surface area contributed by atoms with Gasteiger partial charge in [-0.2, -0.15) is 5.10 Å². The van der Waals surface area contributed by atoms with Crippen molar-refractivity contribution in [2.75, 3.05) is 14.2 Å². The molecule has 3 heterocycles. The Morgan fingerprint density at radius 2 is 1.86 bits per heavy atom. The van der Waals surface area contributed by atoms with Crippen LogP contribution in [0, 0.1) is 0 Å². The number of nitrogens with zero attached hydrogens (tertiary/aromatic N) is 3. The highest BCUT2D eigenvalue weighted by atomic mass is 16.5. The molecule has 2 aromatic rings. The standard InChI is InChI=1S/C20H16N4O5/c1-27-15-5-3-4-6-16(15)29-17-8-7-12(9-21-17)24-10-13-18(22-23-19(13)25)14(11-24)20(26)28-2/h3-11H,1-2H3,(H,23,25). The minimum Gasteiger partial charge on any atom is -0.493 e. The number of hydrogen-bond acceptors (Lipinski definition) is 7. The van der Waals surface area contributed by atoms with Crippen molar-refractivity contribution in [3.8, 4) is 34.3 Å². The summed E-state index contributed by atoms with van der Waals surface area (Å²) in [5.74, 6) is 0.886. The first-order valence-corrected chi connectivity index (χ1v) is 8.56. The van der Waals surface area contributed by atoms with Gasteiger partial charge in [0.05, 0.1) is 31.7 Å². The highest BCUT2D eigenvalue weighted by Gasteiger charge is 2.22. The summed E-state index contributed by atoms with van der Waals surface area (Å²) in [4.78, 5) is 28.4. The van der Waals surface area contributed by atoms with Crippen molar-refractivity contribution in [2.45, 2.75) is 0 Å². The minimum atomic E-state index is -0.597. The van der Waals surface area contributed by atoms with Gasteiger partial charge in [0.2, 0.25) is 5.88 Å². The van der Waals surface area contributed by atoms with Gasteiger partial charge >= 0.3 is 5.97 Å². The van der Waals surface area contributed by atoms with Gasteiger partial charge in [0.15, 0.2) is 11.5 Å². The number of ether oxygens (including phenoxy) is 3. The van der Waals surface area contributed by atoms with E-state index in [2.05, 4.69) is 15.2 Å². The molecule has 0 radical (unpaired) electrons. The van der Waals surface area contributed by atoms with Crippen LogP contribution in [0.2, 0.25) is 0 Å². The maximum atomic E-state index is 12.1. The van der Waals surface area contributed by atoms with Crippen LogP contribution >= 0.6 is 0 Å². The number of carbonyl (C=O) groups is 1. The lowest BCUT2D eigenvalue weighted by molar-refractivity contribution is 0.0600. The Labute approximate surface area is 164 Å². The van der Waals surface area contributed by atoms with E-state index in [-0.39, 0.29) is 16.8 Å². The Balaban J connectivity index is 1.70. The Hall–Kier alpha value is -4.14. The number of nitrogens with one attached hydrogen (secondary N) is 1. The van der Waals surface area contributed by atoms with Crippen LogP contribution in [0.25, 0.3) is 16.9 Å². The van der Waals surface area contributed by atoms with E-state index in [4.69, 9.17) is 14.2 Å². The Morgan fingerprint density at radius 1 is 1.07 bits per heavy atom. The van der Waals surface area contributed by atoms with Crippen LogP contribution in [-0.4, -0.2) is 39.9 Å². The number of rotatable bonds is 5. The summed E-state index contributed by atoms with van der Waals surface area (Å²) >= 11 is 0. The number of benzene rings is 1. The van der Waals surface area contributed by atoms with Crippen molar-refractivity contribution in [3.63, 3.8) is 0 Å². The van der Waals surface area contributed by atoms with Crippen LogP contribution in [0.3, 0.4) is 0 Å². The summed E-state index contributed by atoms with van der Waals surface area (Å²) in [6.07, 6.45) is 4.67. The highest BCUT2D eigenvalue weighted by molar-refractivity contribution is 5.96. The van der Waals surface area contributed by atoms with Crippen molar-refractivity contribution in [1.82, 2.24) is 19.7 Å². The Morgan fingerprint density at radius 3 is 2.55 bits per heavy atom. The second-order valence-electron chi connectivity index (χ2n) is 5.99. The van der Waals surface area contributed by atoms with Gasteiger partial charge in [0, 0.05) is 18.5 Å². The minimum absolute atomic E-state index is 0.165. The first kappa shape index (κ1) is 18.2. The number of hydrogen-bond donors (Lipinski definition) is 1. The van der Waals surface area contributed by atoms with Crippen molar-refractivity contribution >= 4 is 5.97 Å². The molecule has 0 atom stereocenters. The molecule has 1 aromatic carbocycles. The number of methoxy groups -OCH3 is 2. The molecule has 0 bridgehead atoms. The largest absolute Gasteiger partial charge is 0.493 e. The van der Waals surface area contributed by atoms with E-state index in [1.165, 1.54) is 13.3 Å². The number of fused-ring (bicyclic) bond motifs is 1. The molecule has 0 saturated heterocycles. The summed E-state index contributed by atoms with van der Waals surface area (Å²) in [6.45, 7) is 0. The third-order valence-electron chi connectivity index (χ3n) is 4.27. The molecule has 9 nitrogen and oxygen atoms in total. The number of esters is 1. The average molecular weight is 392 g/mol. The lowest BCUT2D eigenvalue weighted by atomic mass is 10.1. The Bertz CT molecular complexity index is 1200. The fourth-order valence-electron chi connectivity index (χ4n) is 2.85. The van der Waals surface area contributed by atoms with Crippen LogP contribution in [0.1, 0.15) is 10.4 Å². The van der Waals surface area contributed by atoms with Crippen molar-refractivity contribution in [2.24, 2.45) is 0 Å². The molecule has 0 unspecified atom stereocenters. The molecule has 146 valence electrons. The van der Waals surface area contributed by atoms with E-state index in [1.807, 2.05) is 12.1 Å². The molecule has 1 aromatic heterocycles. The topological polar surface area (TPSA) is 108 Å². The molecule has 0 amide bonds. The van der Waals surface area contributed by atoms with Gasteiger partial charge in [-0.25, -0.2) is 14.9 Å². The molecule has 0 aliphatic carbocycles. The maximum absolute atomic E-state index is 12.1. The first-order chi connectivity index (χ1) is 14.1. The number of aromatic nitrogens is 4. The number of para-hydroxylation sites is 2. The molecule has 4 rings (SSSR count). The zero-order valence-corrected chi connectivity index (χ0v) is 15.6. The van der Waals surface area contributed by atoms with E-state index in [0.29, 0.717) is 23.1 Å². The van der Waals surface area contributed by atoms with Gasteiger partial charge in [-0.3, -0.25) is 4.79 Å². The van der Waals surface area contributed by atoms with Crippen LogP contribution in [0.4, 0.5) is 0 Å². The molecular weight excluding hydrogens is 376 g/mol. The SMILES string of the molecule is COC(=O)c1cn(-c2ccc(Oc3ccccc3OC)nc2)cc2c(=O)[nH]nc1-2. The summed E-state index contributed by atoms with van der Waals surface area (Å²) in [5.41, 5.74) is 0.899. The monoisotopic (exact) mass is 392 g/mol. The lowest BCUT2D eigenvalue weighted by Gasteiger charge is -2.12. The van der Waals surface area contributed by atoms with Crippen molar-refractivity contribution in [3.05, 3.63) is 70.9 Å². The predicted molar refractivity (Wildman–Crippen MR) is 103 cm³/mol. The second-order valence-corrected chi connectivity index (χ2v) is 5.99. The number of aromatic amines is 1. The van der Waals surface area contributed by atoms with Gasteiger partial charge < -0.3 is 18.8 Å². The van der Waals surface area contributed by atoms with Crippen LogP contribution < -0.4 is 15.0 Å². The second kappa shape index (κ2) is 7.47. The number of pyridine rings is 2. The third kappa shape index (κ3) is 3.41. The summed E-state index contributed by atoms with van der Waals surface area (Å²) < 4.78 is 17.4. The lowest BCUT2D eigenvalue weighted by Crippen LogP contribution is -2.11. The summed E-state index contributed by atoms with van der Waals surface area (Å²) in [6, 6.07) is 10.6. The summed E-state index contributed by atoms with van der Waals surface area (Å²) in [5, 5.41) is 6.25. The van der Waals surface area contributed by atoms with Gasteiger partial charge in [-0.1, -0.05) is 12.1 Å². The molecule has 9 heteroatoms. The fourth-order valence-corrected chi connectivity index (χ4v) is 2.85. The predicted octanol–water partition coefficient (Wildman–Crippen LogP) is 2.65. The van der Waals surface area contributed by atoms with Crippen LogP contribution in [0.15, 0.2) is 59.8 Å². The molecule has 0 fully saturated rings. The van der Waals surface area contributed by atoms with E-state index in [1.54, 1.807) is 48.3 Å². The van der Waals surface area contributed by atoms with Crippen molar-refractivity contribution < 1.29 is 19.0 Å². The van der Waals surface area contributed by atoms with Gasteiger partial charge in [-0.15, -0.1) is 0 Å². The van der Waals surface area contributed by atoms with Crippen LogP contribution in [0.5, 0.6) is 17.4 Å². The van der Waals surface area contributed by atoms with Crippen LogP contribution in [-0.2, 0) is 4.74 Å². The fraction of sp³-hybridized carbons (Fsp3) is 0.100. The quantitative estimate of drug-likeness (QED) is 0.520. The normalized spacial score (nSPS) is 10.7. The van der Waals surface area contributed by atoms with Gasteiger partial charge in [0.25, 0.3) is 5.56 Å². The molecular formula is C20H16N4O5. The smallest absolute Gasteiger partial charge is 0.341 e. The Kier molecular flexibility index (Phi) is 4.70. The third-order valence-corrected chi connectivity index (χ3v) is 4.27. The molecule has 0 spiro atoms. The molecule has 1 N–H and O–H groups in total. The van der Waals surface area contributed by atoms with E-state index in [9.17, 15) is 9.59 Å². The maximum Gasteiger partial charge on any atom is 0.341 e.